The first-order valence-corrected chi connectivity index (χ1v) is 8.35. The van der Waals surface area contributed by atoms with Gasteiger partial charge in [0.1, 0.15) is 18.2 Å². The van der Waals surface area contributed by atoms with E-state index in [0.29, 0.717) is 23.8 Å². The lowest BCUT2D eigenvalue weighted by atomic mass is 10.2. The molecule has 5 nitrogen and oxygen atoms in total. The van der Waals surface area contributed by atoms with E-state index < -0.39 is 17.5 Å². The second-order valence-corrected chi connectivity index (χ2v) is 6.25. The summed E-state index contributed by atoms with van der Waals surface area (Å²) in [5, 5.41) is 2.95. The van der Waals surface area contributed by atoms with Gasteiger partial charge in [0.05, 0.1) is 0 Å². The van der Waals surface area contributed by atoms with E-state index in [1.165, 1.54) is 15.9 Å². The highest BCUT2D eigenvalue weighted by Crippen LogP contribution is 2.23. The van der Waals surface area contributed by atoms with E-state index in [9.17, 15) is 18.4 Å². The Balaban J connectivity index is 1.58. The molecule has 136 valence electrons. The van der Waals surface area contributed by atoms with Crippen LogP contribution in [0.4, 0.5) is 19.3 Å². The largest absolute Gasteiger partial charge is 0.350 e. The van der Waals surface area contributed by atoms with Crippen LogP contribution in [0.1, 0.15) is 5.56 Å². The topological polar surface area (TPSA) is 52.7 Å². The minimum absolute atomic E-state index is 0.189. The number of rotatable bonds is 5. The third kappa shape index (κ3) is 3.94. The number of halogens is 3. The maximum Gasteiger partial charge on any atom is 0.325 e. The molecule has 0 bridgehead atoms. The quantitative estimate of drug-likeness (QED) is 0.867. The third-order valence-electron chi connectivity index (χ3n) is 4.07. The number of urea groups is 1. The van der Waals surface area contributed by atoms with E-state index in [2.05, 4.69) is 5.32 Å². The first-order chi connectivity index (χ1) is 12.5. The summed E-state index contributed by atoms with van der Waals surface area (Å²) in [5.41, 5.74) is 0.438. The molecule has 8 heteroatoms. The smallest absolute Gasteiger partial charge is 0.325 e. The van der Waals surface area contributed by atoms with Crippen LogP contribution in [-0.4, -0.2) is 36.5 Å². The molecule has 2 aromatic carbocycles. The molecule has 1 heterocycles. The van der Waals surface area contributed by atoms with E-state index in [4.69, 9.17) is 11.6 Å². The fraction of sp³-hybridized carbons (Fsp3) is 0.222. The Hall–Kier alpha value is -2.67. The van der Waals surface area contributed by atoms with E-state index in [1.807, 2.05) is 0 Å². The Labute approximate surface area is 154 Å². The molecule has 0 unspecified atom stereocenters. The fourth-order valence-electron chi connectivity index (χ4n) is 2.73. The summed E-state index contributed by atoms with van der Waals surface area (Å²) < 4.78 is 27.1. The zero-order valence-corrected chi connectivity index (χ0v) is 14.5. The minimum Gasteiger partial charge on any atom is -0.350 e. The summed E-state index contributed by atoms with van der Waals surface area (Å²) in [5.74, 6) is -1.95. The zero-order valence-electron chi connectivity index (χ0n) is 13.7. The van der Waals surface area contributed by atoms with Crippen LogP contribution >= 0.6 is 11.6 Å². The van der Waals surface area contributed by atoms with Gasteiger partial charge in [-0.25, -0.2) is 13.6 Å². The average Bonchev–Trinajstić information content (AvgIpc) is 2.95. The second kappa shape index (κ2) is 7.70. The van der Waals surface area contributed by atoms with Crippen molar-refractivity contribution in [2.45, 2.75) is 6.54 Å². The van der Waals surface area contributed by atoms with Crippen LogP contribution < -0.4 is 10.2 Å². The Morgan fingerprint density at radius 3 is 2.50 bits per heavy atom. The molecular formula is C18H16ClF2N3O2. The number of nitrogens with one attached hydrogen (secondary N) is 1. The molecule has 1 fully saturated rings. The zero-order chi connectivity index (χ0) is 18.7. The maximum atomic E-state index is 13.6. The van der Waals surface area contributed by atoms with E-state index in [0.717, 1.165) is 12.1 Å². The van der Waals surface area contributed by atoms with Gasteiger partial charge in [-0.15, -0.1) is 0 Å². The predicted octanol–water partition coefficient (Wildman–Crippen LogP) is 3.18. The summed E-state index contributed by atoms with van der Waals surface area (Å²) >= 11 is 5.94. The monoisotopic (exact) mass is 379 g/mol. The molecule has 1 aliphatic rings. The lowest BCUT2D eigenvalue weighted by Gasteiger charge is -2.18. The molecule has 1 N–H and O–H groups in total. The van der Waals surface area contributed by atoms with E-state index in [-0.39, 0.29) is 24.7 Å². The maximum absolute atomic E-state index is 13.6. The van der Waals surface area contributed by atoms with Gasteiger partial charge < -0.3 is 10.2 Å². The first-order valence-electron chi connectivity index (χ1n) is 7.97. The van der Waals surface area contributed by atoms with Gasteiger partial charge in [-0.1, -0.05) is 23.7 Å². The number of amides is 3. The van der Waals surface area contributed by atoms with E-state index in [1.54, 1.807) is 24.3 Å². The molecule has 2 aromatic rings. The molecular weight excluding hydrogens is 364 g/mol. The van der Waals surface area contributed by atoms with Crippen molar-refractivity contribution in [3.8, 4) is 0 Å². The van der Waals surface area contributed by atoms with Crippen molar-refractivity contribution >= 4 is 29.2 Å². The van der Waals surface area contributed by atoms with Crippen LogP contribution in [0, 0.1) is 11.6 Å². The Morgan fingerprint density at radius 1 is 1.12 bits per heavy atom. The molecule has 0 aromatic heterocycles. The molecule has 0 radical (unpaired) electrons. The standard InChI is InChI=1S/C18H16ClF2N3O2/c19-12-3-1-4-13(9-12)24-8-7-23(18(24)26)11-17(25)22-10-14-15(20)5-2-6-16(14)21/h1-6,9H,7-8,10-11H2,(H,22,25). The molecule has 0 saturated carbocycles. The number of hydrogen-bond acceptors (Lipinski definition) is 2. The molecule has 3 amide bonds. The van der Waals surface area contributed by atoms with Gasteiger partial charge in [0, 0.05) is 35.9 Å². The molecule has 1 saturated heterocycles. The van der Waals surface area contributed by atoms with Gasteiger partial charge in [0.2, 0.25) is 5.91 Å². The van der Waals surface area contributed by atoms with Gasteiger partial charge in [-0.05, 0) is 30.3 Å². The summed E-state index contributed by atoms with van der Waals surface area (Å²) in [6, 6.07) is 10.1. The Morgan fingerprint density at radius 2 is 1.81 bits per heavy atom. The van der Waals surface area contributed by atoms with Gasteiger partial charge in [-0.2, -0.15) is 0 Å². The molecule has 0 atom stereocenters. The SMILES string of the molecule is O=C(CN1CCN(c2cccc(Cl)c2)C1=O)NCc1c(F)cccc1F. The number of anilines is 1. The first kappa shape index (κ1) is 18.1. The van der Waals surface area contributed by atoms with Crippen molar-refractivity contribution in [2.75, 3.05) is 24.5 Å². The summed E-state index contributed by atoms with van der Waals surface area (Å²) in [4.78, 5) is 27.4. The summed E-state index contributed by atoms with van der Waals surface area (Å²) in [7, 11) is 0. The highest BCUT2D eigenvalue weighted by Gasteiger charge is 2.30. The number of hydrogen-bond donors (Lipinski definition) is 1. The van der Waals surface area contributed by atoms with E-state index >= 15 is 0 Å². The highest BCUT2D eigenvalue weighted by molar-refractivity contribution is 6.30. The number of carbonyl (C=O) groups is 2. The average molecular weight is 380 g/mol. The van der Waals surface area contributed by atoms with Crippen molar-refractivity contribution in [3.05, 3.63) is 64.7 Å². The van der Waals surface area contributed by atoms with Gasteiger partial charge in [0.15, 0.2) is 0 Å². The third-order valence-corrected chi connectivity index (χ3v) is 4.31. The van der Waals surface area contributed by atoms with Crippen LogP contribution in [0.2, 0.25) is 5.02 Å². The number of benzene rings is 2. The van der Waals surface area contributed by atoms with Crippen LogP contribution in [0.3, 0.4) is 0 Å². The number of carbonyl (C=O) groups excluding carboxylic acids is 2. The van der Waals surface area contributed by atoms with Crippen molar-refractivity contribution in [1.82, 2.24) is 10.2 Å². The van der Waals surface area contributed by atoms with Crippen LogP contribution in [-0.2, 0) is 11.3 Å². The Bertz CT molecular complexity index is 827. The second-order valence-electron chi connectivity index (χ2n) is 5.81. The highest BCUT2D eigenvalue weighted by atomic mass is 35.5. The van der Waals surface area contributed by atoms with Crippen LogP contribution in [0.15, 0.2) is 42.5 Å². The predicted molar refractivity (Wildman–Crippen MR) is 94.0 cm³/mol. The molecule has 1 aliphatic heterocycles. The molecule has 3 rings (SSSR count). The van der Waals surface area contributed by atoms with Gasteiger partial charge in [0.25, 0.3) is 0 Å². The van der Waals surface area contributed by atoms with Crippen LogP contribution in [0.5, 0.6) is 0 Å². The lowest BCUT2D eigenvalue weighted by Crippen LogP contribution is -2.40. The van der Waals surface area contributed by atoms with Crippen molar-refractivity contribution < 1.29 is 18.4 Å². The minimum atomic E-state index is -0.727. The van der Waals surface area contributed by atoms with Gasteiger partial charge >= 0.3 is 6.03 Å². The van der Waals surface area contributed by atoms with Crippen molar-refractivity contribution in [3.63, 3.8) is 0 Å². The normalized spacial score (nSPS) is 14.0. The summed E-state index contributed by atoms with van der Waals surface area (Å²) in [6.07, 6.45) is 0. The lowest BCUT2D eigenvalue weighted by molar-refractivity contribution is -0.121. The van der Waals surface area contributed by atoms with Gasteiger partial charge in [-0.3, -0.25) is 9.69 Å². The molecule has 0 spiro atoms. The number of nitrogens with zero attached hydrogens (tertiary/aromatic N) is 2. The fourth-order valence-corrected chi connectivity index (χ4v) is 2.91. The Kier molecular flexibility index (Phi) is 5.37. The molecule has 0 aliphatic carbocycles. The van der Waals surface area contributed by atoms with Crippen LogP contribution in [0.25, 0.3) is 0 Å². The summed E-state index contributed by atoms with van der Waals surface area (Å²) in [6.45, 7) is 0.324. The molecule has 26 heavy (non-hydrogen) atoms. The van der Waals surface area contributed by atoms with Crippen molar-refractivity contribution in [1.29, 1.82) is 0 Å². The van der Waals surface area contributed by atoms with Crippen molar-refractivity contribution in [2.24, 2.45) is 0 Å².